The van der Waals surface area contributed by atoms with E-state index in [1.54, 1.807) is 39.8 Å². The highest BCUT2D eigenvalue weighted by atomic mass is 17.2. The van der Waals surface area contributed by atoms with Crippen molar-refractivity contribution < 1.29 is 29.1 Å². The van der Waals surface area contributed by atoms with Gasteiger partial charge in [0.1, 0.15) is 11.2 Å². The van der Waals surface area contributed by atoms with E-state index in [4.69, 9.17) is 19.6 Å². The van der Waals surface area contributed by atoms with E-state index in [1.807, 2.05) is 0 Å². The predicted molar refractivity (Wildman–Crippen MR) is 99.8 cm³/mol. The maximum absolute atomic E-state index is 11.5. The fraction of sp³-hybridized carbons (Fsp3) is 0.700. The van der Waals surface area contributed by atoms with Crippen molar-refractivity contribution in [3.63, 3.8) is 0 Å². The summed E-state index contributed by atoms with van der Waals surface area (Å²) >= 11 is 0. The Kier molecular flexibility index (Phi) is 11.8. The molecule has 0 aromatic heterocycles. The van der Waals surface area contributed by atoms with E-state index in [9.17, 15) is 9.59 Å². The van der Waals surface area contributed by atoms with Crippen LogP contribution in [-0.4, -0.2) is 23.1 Å². The van der Waals surface area contributed by atoms with Gasteiger partial charge in [0, 0.05) is 12.8 Å². The van der Waals surface area contributed by atoms with E-state index in [-0.39, 0.29) is 11.9 Å². The van der Waals surface area contributed by atoms with Gasteiger partial charge < -0.3 is 0 Å². The fourth-order valence-electron chi connectivity index (χ4n) is 1.70. The average Bonchev–Trinajstić information content (AvgIpc) is 2.60. The van der Waals surface area contributed by atoms with Gasteiger partial charge >= 0.3 is 11.9 Å². The summed E-state index contributed by atoms with van der Waals surface area (Å²) in [6.07, 6.45) is 9.17. The molecule has 0 unspecified atom stereocenters. The SMILES string of the molecule is C=CC(C)(C)OOC(=O)CCCCCCCCC(=O)OOC(C)(C)C=C. The van der Waals surface area contributed by atoms with Crippen LogP contribution in [0.2, 0.25) is 0 Å². The zero-order valence-corrected chi connectivity index (χ0v) is 16.7. The van der Waals surface area contributed by atoms with Gasteiger partial charge in [-0.1, -0.05) is 37.8 Å². The highest BCUT2D eigenvalue weighted by Crippen LogP contribution is 2.14. The third-order valence-corrected chi connectivity index (χ3v) is 3.69. The van der Waals surface area contributed by atoms with Crippen molar-refractivity contribution in [1.82, 2.24) is 0 Å². The van der Waals surface area contributed by atoms with Crippen LogP contribution in [0.15, 0.2) is 25.3 Å². The van der Waals surface area contributed by atoms with Gasteiger partial charge in [0.05, 0.1) is 0 Å². The largest absolute Gasteiger partial charge is 0.342 e. The van der Waals surface area contributed by atoms with E-state index in [0.29, 0.717) is 12.8 Å². The summed E-state index contributed by atoms with van der Waals surface area (Å²) < 4.78 is 0. The molecule has 0 bridgehead atoms. The van der Waals surface area contributed by atoms with Crippen LogP contribution in [0.1, 0.15) is 79.1 Å². The topological polar surface area (TPSA) is 71.1 Å². The van der Waals surface area contributed by atoms with Crippen molar-refractivity contribution in [3.8, 4) is 0 Å². The highest BCUT2D eigenvalue weighted by molar-refractivity contribution is 5.68. The number of unbranched alkanes of at least 4 members (excludes halogenated alkanes) is 5. The van der Waals surface area contributed by atoms with Crippen LogP contribution in [0, 0.1) is 0 Å². The first-order chi connectivity index (χ1) is 12.1. The Bertz CT molecular complexity index is 411. The molecule has 0 radical (unpaired) electrons. The molecule has 0 aliphatic heterocycles. The molecular formula is C20H34O6. The quantitative estimate of drug-likeness (QED) is 0.175. The lowest BCUT2D eigenvalue weighted by Gasteiger charge is -2.17. The molecule has 0 spiro atoms. The summed E-state index contributed by atoms with van der Waals surface area (Å²) in [6, 6.07) is 0. The van der Waals surface area contributed by atoms with Gasteiger partial charge in [-0.2, -0.15) is 9.78 Å². The normalized spacial score (nSPS) is 11.7. The Morgan fingerprint density at radius 1 is 0.692 bits per heavy atom. The molecule has 0 rings (SSSR count). The van der Waals surface area contributed by atoms with E-state index >= 15 is 0 Å². The Hall–Kier alpha value is -1.66. The first kappa shape index (κ1) is 24.3. The van der Waals surface area contributed by atoms with Gasteiger partial charge in [-0.3, -0.25) is 9.78 Å². The molecule has 6 heteroatoms. The zero-order valence-electron chi connectivity index (χ0n) is 16.7. The predicted octanol–water partition coefficient (Wildman–Crippen LogP) is 4.99. The van der Waals surface area contributed by atoms with E-state index in [0.717, 1.165) is 38.5 Å². The summed E-state index contributed by atoms with van der Waals surface area (Å²) in [4.78, 5) is 42.5. The molecule has 0 amide bonds. The Labute approximate surface area is 157 Å². The van der Waals surface area contributed by atoms with Crippen LogP contribution in [-0.2, 0) is 29.1 Å². The molecule has 0 aromatic rings. The molecule has 0 saturated carbocycles. The zero-order chi connectivity index (χ0) is 20.1. The Morgan fingerprint density at radius 2 is 1.00 bits per heavy atom. The molecule has 0 fully saturated rings. The molecule has 26 heavy (non-hydrogen) atoms. The van der Waals surface area contributed by atoms with Crippen LogP contribution in [0.3, 0.4) is 0 Å². The summed E-state index contributed by atoms with van der Waals surface area (Å²) in [5, 5.41) is 0. The van der Waals surface area contributed by atoms with Crippen molar-refractivity contribution in [2.24, 2.45) is 0 Å². The monoisotopic (exact) mass is 370 g/mol. The Morgan fingerprint density at radius 3 is 1.31 bits per heavy atom. The highest BCUT2D eigenvalue weighted by Gasteiger charge is 2.18. The number of carbonyl (C=O) groups excluding carboxylic acids is 2. The molecule has 0 aliphatic carbocycles. The maximum Gasteiger partial charge on any atom is 0.342 e. The van der Waals surface area contributed by atoms with Crippen LogP contribution < -0.4 is 0 Å². The molecule has 6 nitrogen and oxygen atoms in total. The van der Waals surface area contributed by atoms with Crippen molar-refractivity contribution in [1.29, 1.82) is 0 Å². The molecule has 150 valence electrons. The van der Waals surface area contributed by atoms with Gasteiger partial charge in [-0.15, -0.1) is 13.2 Å². The molecule has 0 aliphatic rings. The summed E-state index contributed by atoms with van der Waals surface area (Å²) in [6.45, 7) is 14.2. The van der Waals surface area contributed by atoms with Gasteiger partial charge in [-0.25, -0.2) is 9.59 Å². The molecule has 0 atom stereocenters. The summed E-state index contributed by atoms with van der Waals surface area (Å²) in [5.41, 5.74) is -1.35. The second-order valence-electron chi connectivity index (χ2n) is 7.31. The standard InChI is InChI=1S/C20H34O6/c1-7-19(3,4)25-23-17(21)15-13-11-9-10-12-14-16-18(22)24-26-20(5,6)8-2/h7-8H,1-2,9-16H2,3-6H3. The lowest BCUT2D eigenvalue weighted by molar-refractivity contribution is -0.312. The van der Waals surface area contributed by atoms with E-state index in [2.05, 4.69) is 13.2 Å². The summed E-state index contributed by atoms with van der Waals surface area (Å²) in [5.74, 6) is -0.741. The third-order valence-electron chi connectivity index (χ3n) is 3.69. The first-order valence-corrected chi connectivity index (χ1v) is 9.16. The first-order valence-electron chi connectivity index (χ1n) is 9.16. The minimum atomic E-state index is -0.677. The molecule has 0 heterocycles. The minimum absolute atomic E-state index is 0.329. The number of carbonyl (C=O) groups is 2. The van der Waals surface area contributed by atoms with Crippen molar-refractivity contribution in [2.75, 3.05) is 0 Å². The second kappa shape index (κ2) is 12.7. The van der Waals surface area contributed by atoms with Crippen LogP contribution in [0.25, 0.3) is 0 Å². The van der Waals surface area contributed by atoms with E-state index in [1.165, 1.54) is 0 Å². The van der Waals surface area contributed by atoms with Gasteiger partial charge in [0.2, 0.25) is 0 Å². The lowest BCUT2D eigenvalue weighted by atomic mass is 10.1. The third kappa shape index (κ3) is 13.6. The van der Waals surface area contributed by atoms with Crippen molar-refractivity contribution in [2.45, 2.75) is 90.3 Å². The van der Waals surface area contributed by atoms with Gasteiger partial charge in [0.25, 0.3) is 0 Å². The second-order valence-corrected chi connectivity index (χ2v) is 7.31. The number of hydrogen-bond donors (Lipinski definition) is 0. The van der Waals surface area contributed by atoms with E-state index < -0.39 is 11.2 Å². The van der Waals surface area contributed by atoms with Crippen LogP contribution in [0.4, 0.5) is 0 Å². The van der Waals surface area contributed by atoms with Crippen molar-refractivity contribution in [3.05, 3.63) is 25.3 Å². The van der Waals surface area contributed by atoms with Crippen molar-refractivity contribution >= 4 is 11.9 Å². The fourth-order valence-corrected chi connectivity index (χ4v) is 1.70. The smallest absolute Gasteiger partial charge is 0.297 e. The number of hydrogen-bond acceptors (Lipinski definition) is 6. The number of rotatable bonds is 15. The Balaban J connectivity index is 3.53. The molecule has 0 saturated heterocycles. The summed E-state index contributed by atoms with van der Waals surface area (Å²) in [7, 11) is 0. The van der Waals surface area contributed by atoms with Crippen LogP contribution in [0.5, 0.6) is 0 Å². The molecule has 0 N–H and O–H groups in total. The molecular weight excluding hydrogens is 336 g/mol. The maximum atomic E-state index is 11.5. The minimum Gasteiger partial charge on any atom is -0.297 e. The average molecular weight is 370 g/mol. The lowest BCUT2D eigenvalue weighted by Crippen LogP contribution is -2.23. The molecule has 0 aromatic carbocycles. The van der Waals surface area contributed by atoms with Gasteiger partial charge in [0.15, 0.2) is 0 Å². The van der Waals surface area contributed by atoms with Gasteiger partial charge in [-0.05, 0) is 40.5 Å². The van der Waals surface area contributed by atoms with Crippen LogP contribution >= 0.6 is 0 Å².